The first kappa shape index (κ1) is 21.8. The van der Waals surface area contributed by atoms with Crippen LogP contribution in [0.3, 0.4) is 0 Å². The van der Waals surface area contributed by atoms with Crippen LogP contribution in [0.2, 0.25) is 0 Å². The number of nitrogens with one attached hydrogen (secondary N) is 1. The third-order valence-corrected chi connectivity index (χ3v) is 6.30. The predicted octanol–water partition coefficient (Wildman–Crippen LogP) is 1.96. The van der Waals surface area contributed by atoms with Crippen molar-refractivity contribution in [2.75, 3.05) is 39.3 Å². The molecule has 1 aromatic carbocycles. The average molecular weight is 401 g/mol. The van der Waals surface area contributed by atoms with E-state index >= 15 is 0 Å². The highest BCUT2D eigenvalue weighted by atomic mass is 16.2. The molecule has 1 heterocycles. The number of amides is 2. The molecule has 3 N–H and O–H groups in total. The van der Waals surface area contributed by atoms with Crippen molar-refractivity contribution in [3.63, 3.8) is 0 Å². The Hall–Kier alpha value is -1.92. The van der Waals surface area contributed by atoms with E-state index in [0.717, 1.165) is 83.4 Å². The fourth-order valence-corrected chi connectivity index (χ4v) is 4.75. The summed E-state index contributed by atoms with van der Waals surface area (Å²) in [7, 11) is 0. The molecular weight excluding hydrogens is 364 g/mol. The van der Waals surface area contributed by atoms with Crippen molar-refractivity contribution in [3.8, 4) is 0 Å². The lowest BCUT2D eigenvalue weighted by atomic mass is 9.84. The van der Waals surface area contributed by atoms with Gasteiger partial charge >= 0.3 is 0 Å². The molecule has 0 radical (unpaired) electrons. The zero-order valence-electron chi connectivity index (χ0n) is 17.8. The minimum atomic E-state index is -0.318. The Morgan fingerprint density at radius 1 is 1.24 bits per heavy atom. The van der Waals surface area contributed by atoms with E-state index in [-0.39, 0.29) is 11.8 Å². The van der Waals surface area contributed by atoms with Gasteiger partial charge in [0.15, 0.2) is 0 Å². The highest BCUT2D eigenvalue weighted by Crippen LogP contribution is 2.27. The van der Waals surface area contributed by atoms with Crippen LogP contribution in [-0.2, 0) is 17.6 Å². The average Bonchev–Trinajstić information content (AvgIpc) is 2.93. The van der Waals surface area contributed by atoms with Crippen LogP contribution in [0.5, 0.6) is 0 Å². The number of hydrogen-bond donors (Lipinski definition) is 2. The van der Waals surface area contributed by atoms with Gasteiger partial charge in [0, 0.05) is 44.2 Å². The largest absolute Gasteiger partial charge is 0.366 e. The van der Waals surface area contributed by atoms with E-state index in [1.165, 1.54) is 5.56 Å². The Morgan fingerprint density at radius 3 is 2.90 bits per heavy atom. The molecule has 2 aliphatic rings. The molecule has 1 fully saturated rings. The first-order chi connectivity index (χ1) is 14.1. The predicted molar refractivity (Wildman–Crippen MR) is 116 cm³/mol. The van der Waals surface area contributed by atoms with Crippen molar-refractivity contribution in [1.82, 2.24) is 15.1 Å². The van der Waals surface area contributed by atoms with E-state index in [1.54, 1.807) is 0 Å². The Labute approximate surface area is 174 Å². The summed E-state index contributed by atoms with van der Waals surface area (Å²) in [4.78, 5) is 28.6. The van der Waals surface area contributed by atoms with Crippen LogP contribution < -0.4 is 11.1 Å². The van der Waals surface area contributed by atoms with Crippen LogP contribution in [0.15, 0.2) is 18.2 Å². The van der Waals surface area contributed by atoms with Gasteiger partial charge in [-0.2, -0.15) is 0 Å². The van der Waals surface area contributed by atoms with Crippen LogP contribution in [-0.4, -0.2) is 66.9 Å². The normalized spacial score (nSPS) is 19.9. The standard InChI is InChI=1S/C23H36N4O2/c1-2-13-26(14-3-4-15-27-16-12-25-11-10-22(27)28)19-9-8-18-6-5-7-20(23(24)29)21(18)17-19/h5-7,19,25H,2-4,8-17H2,1H3,(H2,24,29). The van der Waals surface area contributed by atoms with Gasteiger partial charge in [0.05, 0.1) is 0 Å². The molecule has 1 aliphatic heterocycles. The highest BCUT2D eigenvalue weighted by Gasteiger charge is 2.26. The van der Waals surface area contributed by atoms with Crippen molar-refractivity contribution in [1.29, 1.82) is 0 Å². The molecule has 3 rings (SSSR count). The van der Waals surface area contributed by atoms with Gasteiger partial charge in [0.25, 0.3) is 0 Å². The quantitative estimate of drug-likeness (QED) is 0.621. The maximum atomic E-state index is 12.1. The molecule has 2 amide bonds. The van der Waals surface area contributed by atoms with Crippen molar-refractivity contribution in [2.45, 2.75) is 57.9 Å². The smallest absolute Gasteiger partial charge is 0.248 e. The molecule has 29 heavy (non-hydrogen) atoms. The van der Waals surface area contributed by atoms with Crippen LogP contribution in [0, 0.1) is 0 Å². The van der Waals surface area contributed by atoms with E-state index in [0.29, 0.717) is 18.0 Å². The molecule has 0 saturated carbocycles. The van der Waals surface area contributed by atoms with Crippen molar-refractivity contribution in [3.05, 3.63) is 34.9 Å². The van der Waals surface area contributed by atoms with E-state index in [2.05, 4.69) is 23.2 Å². The molecule has 1 unspecified atom stereocenters. The summed E-state index contributed by atoms with van der Waals surface area (Å²) in [5, 5.41) is 3.29. The zero-order valence-corrected chi connectivity index (χ0v) is 17.8. The van der Waals surface area contributed by atoms with E-state index in [9.17, 15) is 9.59 Å². The van der Waals surface area contributed by atoms with Crippen LogP contribution in [0.1, 0.15) is 60.5 Å². The summed E-state index contributed by atoms with van der Waals surface area (Å²) in [5.74, 6) is -0.0376. The number of carbonyl (C=O) groups excluding carboxylic acids is 2. The third kappa shape index (κ3) is 5.80. The van der Waals surface area contributed by atoms with E-state index in [1.807, 2.05) is 17.0 Å². The molecule has 1 saturated heterocycles. The molecule has 160 valence electrons. The van der Waals surface area contributed by atoms with Gasteiger partial charge in [-0.3, -0.25) is 9.59 Å². The monoisotopic (exact) mass is 400 g/mol. The van der Waals surface area contributed by atoms with Crippen LogP contribution in [0.25, 0.3) is 0 Å². The van der Waals surface area contributed by atoms with Crippen molar-refractivity contribution in [2.24, 2.45) is 5.73 Å². The lowest BCUT2D eigenvalue weighted by molar-refractivity contribution is -0.130. The Bertz CT molecular complexity index is 706. The lowest BCUT2D eigenvalue weighted by Gasteiger charge is -2.36. The summed E-state index contributed by atoms with van der Waals surface area (Å²) in [6.45, 7) is 7.74. The van der Waals surface area contributed by atoms with E-state index in [4.69, 9.17) is 5.73 Å². The first-order valence-corrected chi connectivity index (χ1v) is 11.2. The Kier molecular flexibility index (Phi) is 8.07. The molecule has 0 aromatic heterocycles. The van der Waals surface area contributed by atoms with Gasteiger partial charge in [-0.05, 0) is 68.8 Å². The number of carbonyl (C=O) groups is 2. The number of hydrogen-bond acceptors (Lipinski definition) is 4. The number of benzene rings is 1. The second kappa shape index (κ2) is 10.7. The number of fused-ring (bicyclic) bond motifs is 1. The molecule has 1 aromatic rings. The van der Waals surface area contributed by atoms with Crippen molar-refractivity contribution >= 4 is 11.8 Å². The number of rotatable bonds is 9. The molecule has 6 nitrogen and oxygen atoms in total. The first-order valence-electron chi connectivity index (χ1n) is 11.2. The van der Waals surface area contributed by atoms with Gasteiger partial charge in [0.1, 0.15) is 0 Å². The van der Waals surface area contributed by atoms with E-state index < -0.39 is 0 Å². The number of unbranched alkanes of at least 4 members (excludes halogenated alkanes) is 1. The molecular formula is C23H36N4O2. The fourth-order valence-electron chi connectivity index (χ4n) is 4.75. The maximum Gasteiger partial charge on any atom is 0.248 e. The van der Waals surface area contributed by atoms with Gasteiger partial charge in [0.2, 0.25) is 11.8 Å². The Balaban J connectivity index is 1.55. The second-order valence-electron chi connectivity index (χ2n) is 8.33. The molecule has 6 heteroatoms. The SMILES string of the molecule is CCCN(CCCCN1CCNCCC1=O)C1CCc2cccc(C(N)=O)c2C1. The summed E-state index contributed by atoms with van der Waals surface area (Å²) >= 11 is 0. The minimum Gasteiger partial charge on any atom is -0.366 e. The van der Waals surface area contributed by atoms with Gasteiger partial charge in [-0.15, -0.1) is 0 Å². The highest BCUT2D eigenvalue weighted by molar-refractivity contribution is 5.94. The van der Waals surface area contributed by atoms with Crippen LogP contribution in [0.4, 0.5) is 0 Å². The molecule has 1 atom stereocenters. The maximum absolute atomic E-state index is 12.1. The third-order valence-electron chi connectivity index (χ3n) is 6.30. The number of primary amides is 1. The second-order valence-corrected chi connectivity index (χ2v) is 8.33. The lowest BCUT2D eigenvalue weighted by Crippen LogP contribution is -2.41. The number of nitrogens with two attached hydrogens (primary N) is 1. The number of nitrogens with zero attached hydrogens (tertiary/aromatic N) is 2. The number of aryl methyl sites for hydroxylation is 1. The van der Waals surface area contributed by atoms with Gasteiger partial charge in [-0.25, -0.2) is 0 Å². The molecule has 1 aliphatic carbocycles. The minimum absolute atomic E-state index is 0.281. The fraction of sp³-hybridized carbons (Fsp3) is 0.652. The molecule has 0 bridgehead atoms. The summed E-state index contributed by atoms with van der Waals surface area (Å²) < 4.78 is 0. The topological polar surface area (TPSA) is 78.7 Å². The van der Waals surface area contributed by atoms with Crippen LogP contribution >= 0.6 is 0 Å². The Morgan fingerprint density at radius 2 is 2.10 bits per heavy atom. The van der Waals surface area contributed by atoms with Gasteiger partial charge < -0.3 is 20.9 Å². The summed E-state index contributed by atoms with van der Waals surface area (Å²) in [6.07, 6.45) is 6.93. The molecule has 0 spiro atoms. The zero-order chi connectivity index (χ0) is 20.6. The van der Waals surface area contributed by atoms with Gasteiger partial charge in [-0.1, -0.05) is 19.1 Å². The summed E-state index contributed by atoms with van der Waals surface area (Å²) in [5.41, 5.74) is 8.74. The summed E-state index contributed by atoms with van der Waals surface area (Å²) in [6, 6.07) is 6.41. The van der Waals surface area contributed by atoms with Crippen molar-refractivity contribution < 1.29 is 9.59 Å².